The summed E-state index contributed by atoms with van der Waals surface area (Å²) in [6, 6.07) is 3.60. The number of carbonyl (C=O) groups is 3. The van der Waals surface area contributed by atoms with Crippen molar-refractivity contribution in [2.45, 2.75) is 19.3 Å². The lowest BCUT2D eigenvalue weighted by atomic mass is 10.1. The maximum absolute atomic E-state index is 12.7. The quantitative estimate of drug-likeness (QED) is 0.380. The highest BCUT2D eigenvalue weighted by Gasteiger charge is 2.37. The minimum atomic E-state index is -0.440. The summed E-state index contributed by atoms with van der Waals surface area (Å²) >= 11 is 7.76. The van der Waals surface area contributed by atoms with Crippen molar-refractivity contribution in [1.29, 1.82) is 0 Å². The number of thioether (sulfide) groups is 1. The molecule has 2 aliphatic rings. The third-order valence-corrected chi connectivity index (χ3v) is 6.63. The summed E-state index contributed by atoms with van der Waals surface area (Å²) in [7, 11) is 0. The van der Waals surface area contributed by atoms with E-state index in [1.807, 2.05) is 0 Å². The number of carbonyl (C=O) groups excluding carboxylic acids is 3. The molecule has 3 rings (SSSR count). The molecular formula is C20H20Br2N2O4S. The zero-order valence-electron chi connectivity index (χ0n) is 15.7. The van der Waals surface area contributed by atoms with Crippen molar-refractivity contribution in [3.63, 3.8) is 0 Å². The van der Waals surface area contributed by atoms with E-state index in [-0.39, 0.29) is 12.5 Å². The number of hydrogen-bond donors (Lipinski definition) is 0. The van der Waals surface area contributed by atoms with Crippen molar-refractivity contribution in [3.05, 3.63) is 44.2 Å². The van der Waals surface area contributed by atoms with E-state index in [2.05, 4.69) is 38.4 Å². The summed E-state index contributed by atoms with van der Waals surface area (Å²) in [5.74, 6) is 0.00864. The zero-order chi connectivity index (χ0) is 21.0. The topological polar surface area (TPSA) is 66.9 Å². The number of rotatable bonds is 6. The number of amides is 3. The van der Waals surface area contributed by atoms with E-state index in [1.165, 1.54) is 0 Å². The first-order valence-electron chi connectivity index (χ1n) is 9.16. The molecule has 154 valence electrons. The Morgan fingerprint density at radius 3 is 2.45 bits per heavy atom. The molecule has 0 N–H and O–H groups in total. The van der Waals surface area contributed by atoms with Gasteiger partial charge in [0.2, 0.25) is 5.91 Å². The van der Waals surface area contributed by atoms with Gasteiger partial charge in [0.25, 0.3) is 11.1 Å². The van der Waals surface area contributed by atoms with Gasteiger partial charge in [-0.2, -0.15) is 0 Å². The highest BCUT2D eigenvalue weighted by atomic mass is 79.9. The van der Waals surface area contributed by atoms with Crippen LogP contribution in [0.25, 0.3) is 6.08 Å². The zero-order valence-corrected chi connectivity index (χ0v) is 19.6. The lowest BCUT2D eigenvalue weighted by molar-refractivity contribution is -0.136. The van der Waals surface area contributed by atoms with Crippen LogP contribution in [0.15, 0.2) is 38.6 Å². The molecule has 6 nitrogen and oxygen atoms in total. The van der Waals surface area contributed by atoms with Crippen LogP contribution in [0.3, 0.4) is 0 Å². The normalized spacial score (nSPS) is 18.5. The van der Waals surface area contributed by atoms with Gasteiger partial charge in [0.1, 0.15) is 18.9 Å². The van der Waals surface area contributed by atoms with Crippen LogP contribution in [-0.4, -0.2) is 53.1 Å². The van der Waals surface area contributed by atoms with Gasteiger partial charge in [0, 0.05) is 13.1 Å². The maximum atomic E-state index is 12.7. The van der Waals surface area contributed by atoms with E-state index in [0.29, 0.717) is 39.3 Å². The van der Waals surface area contributed by atoms with Crippen molar-refractivity contribution in [1.82, 2.24) is 9.80 Å². The van der Waals surface area contributed by atoms with Crippen molar-refractivity contribution in [2.75, 3.05) is 26.2 Å². The van der Waals surface area contributed by atoms with Crippen LogP contribution in [0.4, 0.5) is 4.79 Å². The molecule has 0 radical (unpaired) electrons. The van der Waals surface area contributed by atoms with E-state index >= 15 is 0 Å². The lowest BCUT2D eigenvalue weighted by Crippen LogP contribution is -2.44. The molecular weight excluding hydrogens is 524 g/mol. The molecule has 9 heteroatoms. The van der Waals surface area contributed by atoms with Crippen LogP contribution in [0.2, 0.25) is 0 Å². The van der Waals surface area contributed by atoms with Crippen LogP contribution < -0.4 is 4.74 Å². The monoisotopic (exact) mass is 542 g/mol. The molecule has 0 atom stereocenters. The molecule has 2 aliphatic heterocycles. The van der Waals surface area contributed by atoms with Crippen LogP contribution >= 0.6 is 43.6 Å². The number of piperidine rings is 1. The predicted molar refractivity (Wildman–Crippen MR) is 121 cm³/mol. The van der Waals surface area contributed by atoms with Crippen molar-refractivity contribution >= 4 is 66.8 Å². The Bertz CT molecular complexity index is 858. The SMILES string of the molecule is C=CCOc1c(Br)cc(/C=C2/SC(=O)N(CC(=O)N3CCCCC3)C2=O)cc1Br. The van der Waals surface area contributed by atoms with Gasteiger partial charge in [0.05, 0.1) is 13.9 Å². The molecule has 2 saturated heterocycles. The Balaban J connectivity index is 1.74. The van der Waals surface area contributed by atoms with Crippen molar-refractivity contribution in [2.24, 2.45) is 0 Å². The van der Waals surface area contributed by atoms with Crippen LogP contribution in [0.5, 0.6) is 5.75 Å². The van der Waals surface area contributed by atoms with E-state index < -0.39 is 11.1 Å². The lowest BCUT2D eigenvalue weighted by Gasteiger charge is -2.27. The van der Waals surface area contributed by atoms with E-state index in [1.54, 1.807) is 29.2 Å². The summed E-state index contributed by atoms with van der Waals surface area (Å²) in [5.41, 5.74) is 0.725. The molecule has 1 aromatic rings. The second kappa shape index (κ2) is 9.95. The first-order chi connectivity index (χ1) is 13.9. The summed E-state index contributed by atoms with van der Waals surface area (Å²) < 4.78 is 7.00. The summed E-state index contributed by atoms with van der Waals surface area (Å²) in [6.45, 7) is 5.16. The fraction of sp³-hybridized carbons (Fsp3) is 0.350. The molecule has 0 bridgehead atoms. The fourth-order valence-electron chi connectivity index (χ4n) is 3.11. The average molecular weight is 544 g/mol. The third kappa shape index (κ3) is 5.32. The number of likely N-dealkylation sites (tertiary alicyclic amines) is 1. The Labute approximate surface area is 190 Å². The van der Waals surface area contributed by atoms with Gasteiger partial charge in [-0.15, -0.1) is 0 Å². The number of hydrogen-bond acceptors (Lipinski definition) is 5. The largest absolute Gasteiger partial charge is 0.487 e. The van der Waals surface area contributed by atoms with Crippen molar-refractivity contribution < 1.29 is 19.1 Å². The highest BCUT2D eigenvalue weighted by molar-refractivity contribution is 9.11. The molecule has 0 aromatic heterocycles. The minimum Gasteiger partial charge on any atom is -0.487 e. The van der Waals surface area contributed by atoms with Gasteiger partial charge in [-0.05, 0) is 86.7 Å². The fourth-order valence-corrected chi connectivity index (χ4v) is 5.40. The standard InChI is InChI=1S/C20H20Br2N2O4S/c1-2-8-28-18-14(21)9-13(10-15(18)22)11-16-19(26)24(20(27)29-16)12-17(25)23-6-4-3-5-7-23/h2,9-11H,1,3-8,12H2/b16-11+. The number of halogens is 2. The number of imide groups is 1. The Kier molecular flexibility index (Phi) is 7.59. The third-order valence-electron chi connectivity index (χ3n) is 4.54. The molecule has 29 heavy (non-hydrogen) atoms. The molecule has 0 unspecified atom stereocenters. The van der Waals surface area contributed by atoms with Gasteiger partial charge in [0.15, 0.2) is 0 Å². The molecule has 3 amide bonds. The average Bonchev–Trinajstić information content (AvgIpc) is 2.95. The molecule has 2 fully saturated rings. The van der Waals surface area contributed by atoms with Crippen molar-refractivity contribution in [3.8, 4) is 5.75 Å². The van der Waals surface area contributed by atoms with Gasteiger partial charge < -0.3 is 9.64 Å². The molecule has 1 aromatic carbocycles. The second-order valence-electron chi connectivity index (χ2n) is 6.62. The van der Waals surface area contributed by atoms with E-state index in [0.717, 1.165) is 41.5 Å². The number of nitrogens with zero attached hydrogens (tertiary/aromatic N) is 2. The first-order valence-corrected chi connectivity index (χ1v) is 11.6. The Hall–Kier alpha value is -1.58. The number of ether oxygens (including phenoxy) is 1. The van der Waals surface area contributed by atoms with E-state index in [4.69, 9.17) is 4.74 Å². The maximum Gasteiger partial charge on any atom is 0.294 e. The molecule has 0 spiro atoms. The number of benzene rings is 1. The van der Waals surface area contributed by atoms with Gasteiger partial charge in [-0.25, -0.2) is 0 Å². The minimum absolute atomic E-state index is 0.178. The smallest absolute Gasteiger partial charge is 0.294 e. The summed E-state index contributed by atoms with van der Waals surface area (Å²) in [4.78, 5) is 40.5. The van der Waals surface area contributed by atoms with Gasteiger partial charge in [-0.1, -0.05) is 12.7 Å². The first kappa shape index (κ1) is 22.1. The molecule has 2 heterocycles. The van der Waals surface area contributed by atoms with Crippen LogP contribution in [0, 0.1) is 0 Å². The van der Waals surface area contributed by atoms with Crippen LogP contribution in [-0.2, 0) is 9.59 Å². The van der Waals surface area contributed by atoms with Crippen LogP contribution in [0.1, 0.15) is 24.8 Å². The second-order valence-corrected chi connectivity index (χ2v) is 9.32. The van der Waals surface area contributed by atoms with Gasteiger partial charge >= 0.3 is 0 Å². The van der Waals surface area contributed by atoms with Gasteiger partial charge in [-0.3, -0.25) is 19.3 Å². The van der Waals surface area contributed by atoms with E-state index in [9.17, 15) is 14.4 Å². The summed E-state index contributed by atoms with van der Waals surface area (Å²) in [5, 5.41) is -0.421. The summed E-state index contributed by atoms with van der Waals surface area (Å²) in [6.07, 6.45) is 6.32. The molecule has 0 aliphatic carbocycles. The highest BCUT2D eigenvalue weighted by Crippen LogP contribution is 2.37. The molecule has 0 saturated carbocycles. The Morgan fingerprint density at radius 1 is 1.17 bits per heavy atom. The Morgan fingerprint density at radius 2 is 1.83 bits per heavy atom. The predicted octanol–water partition coefficient (Wildman–Crippen LogP) is 4.83.